The predicted octanol–water partition coefficient (Wildman–Crippen LogP) is 3.32. The summed E-state index contributed by atoms with van der Waals surface area (Å²) < 4.78 is 13.0. The van der Waals surface area contributed by atoms with Crippen LogP contribution in [0.4, 0.5) is 10.1 Å². The van der Waals surface area contributed by atoms with E-state index < -0.39 is 22.3 Å². The van der Waals surface area contributed by atoms with E-state index in [1.807, 2.05) is 0 Å². The summed E-state index contributed by atoms with van der Waals surface area (Å²) in [6.45, 7) is 0.0558. The maximum atomic E-state index is 13.0. The zero-order chi connectivity index (χ0) is 15.4. The number of rotatable bonds is 4. The average molecular weight is 309 g/mol. The standard InChI is InChI=1S/C14H10ClFN2O3/c15-12-6-2-5-11(13(12)18(20)21)14(19)17-8-9-3-1-4-10(16)7-9/h1-7H,8H2,(H,17,19). The number of nitro benzene ring substituents is 1. The monoisotopic (exact) mass is 308 g/mol. The van der Waals surface area contributed by atoms with Crippen LogP contribution in [0.25, 0.3) is 0 Å². The van der Waals surface area contributed by atoms with E-state index in [0.29, 0.717) is 5.56 Å². The fraction of sp³-hybridized carbons (Fsp3) is 0.0714. The minimum atomic E-state index is -0.709. The Morgan fingerprint density at radius 1 is 1.29 bits per heavy atom. The largest absolute Gasteiger partial charge is 0.348 e. The molecule has 0 aliphatic rings. The lowest BCUT2D eigenvalue weighted by Crippen LogP contribution is -2.23. The van der Waals surface area contributed by atoms with Crippen LogP contribution in [-0.4, -0.2) is 10.8 Å². The number of para-hydroxylation sites is 1. The number of amides is 1. The number of carbonyl (C=O) groups excluding carboxylic acids is 1. The van der Waals surface area contributed by atoms with Gasteiger partial charge in [-0.05, 0) is 29.8 Å². The van der Waals surface area contributed by atoms with Crippen molar-refractivity contribution in [2.24, 2.45) is 0 Å². The van der Waals surface area contributed by atoms with Crippen molar-refractivity contribution in [2.75, 3.05) is 0 Å². The summed E-state index contributed by atoms with van der Waals surface area (Å²) in [4.78, 5) is 22.3. The Morgan fingerprint density at radius 2 is 2.00 bits per heavy atom. The summed E-state index contributed by atoms with van der Waals surface area (Å²) >= 11 is 5.74. The number of hydrogen-bond donors (Lipinski definition) is 1. The average Bonchev–Trinajstić information content (AvgIpc) is 2.44. The van der Waals surface area contributed by atoms with Crippen LogP contribution in [0.1, 0.15) is 15.9 Å². The van der Waals surface area contributed by atoms with Crippen LogP contribution in [0.2, 0.25) is 5.02 Å². The second kappa shape index (κ2) is 6.32. The van der Waals surface area contributed by atoms with Gasteiger partial charge < -0.3 is 5.32 Å². The van der Waals surface area contributed by atoms with Crippen molar-refractivity contribution in [2.45, 2.75) is 6.54 Å². The maximum absolute atomic E-state index is 13.0. The summed E-state index contributed by atoms with van der Waals surface area (Å²) in [6, 6.07) is 9.80. The lowest BCUT2D eigenvalue weighted by Gasteiger charge is -2.07. The van der Waals surface area contributed by atoms with Gasteiger partial charge in [-0.15, -0.1) is 0 Å². The van der Waals surface area contributed by atoms with E-state index in [4.69, 9.17) is 11.6 Å². The fourth-order valence-electron chi connectivity index (χ4n) is 1.81. The molecule has 0 bridgehead atoms. The first-order valence-electron chi connectivity index (χ1n) is 5.94. The normalized spacial score (nSPS) is 10.2. The van der Waals surface area contributed by atoms with Crippen molar-refractivity contribution < 1.29 is 14.1 Å². The van der Waals surface area contributed by atoms with Gasteiger partial charge in [0, 0.05) is 6.54 Å². The van der Waals surface area contributed by atoms with Crippen LogP contribution in [0.3, 0.4) is 0 Å². The van der Waals surface area contributed by atoms with Crippen LogP contribution in [0.15, 0.2) is 42.5 Å². The molecule has 5 nitrogen and oxygen atoms in total. The van der Waals surface area contributed by atoms with Crippen molar-refractivity contribution in [1.82, 2.24) is 5.32 Å². The van der Waals surface area contributed by atoms with Crippen LogP contribution >= 0.6 is 11.6 Å². The molecule has 21 heavy (non-hydrogen) atoms. The third-order valence-electron chi connectivity index (χ3n) is 2.76. The number of halogens is 2. The molecule has 0 saturated heterocycles. The molecule has 0 aliphatic heterocycles. The number of carbonyl (C=O) groups is 1. The molecule has 1 N–H and O–H groups in total. The van der Waals surface area contributed by atoms with Crippen molar-refractivity contribution in [3.05, 3.63) is 74.5 Å². The quantitative estimate of drug-likeness (QED) is 0.695. The molecule has 0 saturated carbocycles. The summed E-state index contributed by atoms with van der Waals surface area (Å²) in [7, 11) is 0. The van der Waals surface area contributed by atoms with Crippen molar-refractivity contribution in [1.29, 1.82) is 0 Å². The molecular formula is C14H10ClFN2O3. The summed E-state index contributed by atoms with van der Waals surface area (Å²) in [6.07, 6.45) is 0. The number of hydrogen-bond acceptors (Lipinski definition) is 3. The van der Waals surface area contributed by atoms with Crippen molar-refractivity contribution in [3.63, 3.8) is 0 Å². The Hall–Kier alpha value is -2.47. The van der Waals surface area contributed by atoms with E-state index in [2.05, 4.69) is 5.32 Å². The highest BCUT2D eigenvalue weighted by molar-refractivity contribution is 6.33. The summed E-state index contributed by atoms with van der Waals surface area (Å²) in [5.74, 6) is -1.07. The molecule has 2 aromatic rings. The summed E-state index contributed by atoms with van der Waals surface area (Å²) in [5.41, 5.74) is -0.0344. The Labute approximate surface area is 124 Å². The Balaban J connectivity index is 2.18. The first kappa shape index (κ1) is 14.9. The molecule has 0 aromatic heterocycles. The molecular weight excluding hydrogens is 299 g/mol. The lowest BCUT2D eigenvalue weighted by molar-refractivity contribution is -0.385. The molecule has 0 unspecified atom stereocenters. The molecule has 1 amide bonds. The van der Waals surface area contributed by atoms with Gasteiger partial charge >= 0.3 is 5.69 Å². The second-order valence-corrected chi connectivity index (χ2v) is 4.61. The zero-order valence-electron chi connectivity index (χ0n) is 10.7. The second-order valence-electron chi connectivity index (χ2n) is 4.21. The molecule has 0 aliphatic carbocycles. The van der Waals surface area contributed by atoms with Gasteiger partial charge in [-0.2, -0.15) is 0 Å². The van der Waals surface area contributed by atoms with E-state index in [0.717, 1.165) is 0 Å². The molecule has 0 heterocycles. The third kappa shape index (κ3) is 3.55. The van der Waals surface area contributed by atoms with Crippen LogP contribution in [-0.2, 0) is 6.54 Å². The van der Waals surface area contributed by atoms with Gasteiger partial charge in [-0.3, -0.25) is 14.9 Å². The lowest BCUT2D eigenvalue weighted by atomic mass is 10.1. The highest BCUT2D eigenvalue weighted by Crippen LogP contribution is 2.28. The molecule has 0 fully saturated rings. The molecule has 2 aromatic carbocycles. The van der Waals surface area contributed by atoms with Crippen LogP contribution < -0.4 is 5.32 Å². The van der Waals surface area contributed by atoms with E-state index in [9.17, 15) is 19.3 Å². The number of nitro groups is 1. The predicted molar refractivity (Wildman–Crippen MR) is 75.7 cm³/mol. The van der Waals surface area contributed by atoms with Gasteiger partial charge in [0.05, 0.1) is 4.92 Å². The highest BCUT2D eigenvalue weighted by atomic mass is 35.5. The van der Waals surface area contributed by atoms with E-state index in [1.165, 1.54) is 36.4 Å². The molecule has 0 radical (unpaired) electrons. The topological polar surface area (TPSA) is 72.2 Å². The molecule has 0 atom stereocenters. The third-order valence-corrected chi connectivity index (χ3v) is 3.06. The number of nitrogens with zero attached hydrogens (tertiary/aromatic N) is 1. The molecule has 0 spiro atoms. The van der Waals surface area contributed by atoms with Crippen molar-refractivity contribution >= 4 is 23.2 Å². The van der Waals surface area contributed by atoms with Gasteiger partial charge in [0.25, 0.3) is 5.91 Å². The Morgan fingerprint density at radius 3 is 2.67 bits per heavy atom. The van der Waals surface area contributed by atoms with E-state index >= 15 is 0 Å². The van der Waals surface area contributed by atoms with Crippen molar-refractivity contribution in [3.8, 4) is 0 Å². The SMILES string of the molecule is O=C(NCc1cccc(F)c1)c1cccc(Cl)c1[N+](=O)[O-]. The molecule has 2 rings (SSSR count). The molecule has 108 valence electrons. The van der Waals surface area contributed by atoms with Gasteiger partial charge in [-0.1, -0.05) is 29.8 Å². The maximum Gasteiger partial charge on any atom is 0.300 e. The van der Waals surface area contributed by atoms with E-state index in [1.54, 1.807) is 6.07 Å². The van der Waals surface area contributed by atoms with Gasteiger partial charge in [0.2, 0.25) is 0 Å². The fourth-order valence-corrected chi connectivity index (χ4v) is 2.05. The highest BCUT2D eigenvalue weighted by Gasteiger charge is 2.23. The Kier molecular flexibility index (Phi) is 4.49. The van der Waals surface area contributed by atoms with Gasteiger partial charge in [-0.25, -0.2) is 4.39 Å². The zero-order valence-corrected chi connectivity index (χ0v) is 11.4. The number of nitrogens with one attached hydrogen (secondary N) is 1. The smallest absolute Gasteiger partial charge is 0.300 e. The minimum absolute atomic E-state index is 0.0558. The van der Waals surface area contributed by atoms with E-state index in [-0.39, 0.29) is 17.1 Å². The number of benzene rings is 2. The summed E-state index contributed by atoms with van der Waals surface area (Å²) in [5, 5.41) is 13.3. The van der Waals surface area contributed by atoms with Gasteiger partial charge in [0.15, 0.2) is 0 Å². The minimum Gasteiger partial charge on any atom is -0.348 e. The molecule has 7 heteroatoms. The van der Waals surface area contributed by atoms with Gasteiger partial charge in [0.1, 0.15) is 16.4 Å². The van der Waals surface area contributed by atoms with Crippen LogP contribution in [0, 0.1) is 15.9 Å². The first-order chi connectivity index (χ1) is 9.99. The van der Waals surface area contributed by atoms with Crippen LogP contribution in [0.5, 0.6) is 0 Å². The first-order valence-corrected chi connectivity index (χ1v) is 6.32. The Bertz CT molecular complexity index is 706.